The summed E-state index contributed by atoms with van der Waals surface area (Å²) in [6, 6.07) is 10.3. The minimum Gasteiger partial charge on any atom is -0.303 e. The van der Waals surface area contributed by atoms with Gasteiger partial charge in [0.15, 0.2) is 0 Å². The standard InChI is InChI=1S/C8H7O/c9-7-6-8-4-2-1-3-5-8/h1-2,4-5,7H,6H2. The Hall–Kier alpha value is -1.11. The molecule has 0 heterocycles. The molecule has 0 spiro atoms. The van der Waals surface area contributed by atoms with Gasteiger partial charge in [-0.3, -0.25) is 0 Å². The lowest BCUT2D eigenvalue weighted by Gasteiger charge is -1.88. The molecule has 1 aromatic carbocycles. The quantitative estimate of drug-likeness (QED) is 0.535. The highest BCUT2D eigenvalue weighted by Gasteiger charge is 1.85. The molecule has 1 nitrogen and oxygen atoms in total. The average molecular weight is 119 g/mol. The predicted octanol–water partition coefficient (Wildman–Crippen LogP) is 1.23. The van der Waals surface area contributed by atoms with Gasteiger partial charge in [0.25, 0.3) is 0 Å². The Balaban J connectivity index is 2.72. The number of carbonyl (C=O) groups is 1. The molecule has 9 heavy (non-hydrogen) atoms. The van der Waals surface area contributed by atoms with Crippen LogP contribution in [0.4, 0.5) is 0 Å². The van der Waals surface area contributed by atoms with Crippen LogP contribution in [0.5, 0.6) is 0 Å². The molecule has 1 radical (unpaired) electrons. The number of hydrogen-bond donors (Lipinski definition) is 0. The van der Waals surface area contributed by atoms with Crippen molar-refractivity contribution < 1.29 is 4.79 Å². The average Bonchev–Trinajstić information content (AvgIpc) is 1.91. The summed E-state index contributed by atoms with van der Waals surface area (Å²) >= 11 is 0. The van der Waals surface area contributed by atoms with Crippen molar-refractivity contribution >= 4 is 6.29 Å². The SMILES string of the molecule is O=CCc1c[c]ccc1. The van der Waals surface area contributed by atoms with Crippen LogP contribution >= 0.6 is 0 Å². The molecule has 0 unspecified atom stereocenters. The largest absolute Gasteiger partial charge is 0.303 e. The van der Waals surface area contributed by atoms with Crippen LogP contribution in [0.15, 0.2) is 24.3 Å². The van der Waals surface area contributed by atoms with Crippen molar-refractivity contribution in [3.63, 3.8) is 0 Å². The minimum absolute atomic E-state index is 0.497. The first-order chi connectivity index (χ1) is 4.43. The molecule has 0 amide bonds. The number of aldehydes is 1. The number of carbonyl (C=O) groups excluding carboxylic acids is 1. The van der Waals surface area contributed by atoms with E-state index in [-0.39, 0.29) is 0 Å². The molecule has 0 fully saturated rings. The second-order valence-corrected chi connectivity index (χ2v) is 1.78. The van der Waals surface area contributed by atoms with Crippen molar-refractivity contribution in [2.24, 2.45) is 0 Å². The maximum atomic E-state index is 9.96. The van der Waals surface area contributed by atoms with E-state index in [1.54, 1.807) is 0 Å². The van der Waals surface area contributed by atoms with E-state index in [0.717, 1.165) is 11.8 Å². The Morgan fingerprint density at radius 2 is 2.56 bits per heavy atom. The Morgan fingerprint density at radius 3 is 3.11 bits per heavy atom. The van der Waals surface area contributed by atoms with Crippen LogP contribution in [0.1, 0.15) is 5.56 Å². The highest BCUT2D eigenvalue weighted by Crippen LogP contribution is 1.95. The van der Waals surface area contributed by atoms with Crippen LogP contribution in [0.3, 0.4) is 0 Å². The molecular formula is C8H7O. The van der Waals surface area contributed by atoms with E-state index >= 15 is 0 Å². The number of benzene rings is 1. The van der Waals surface area contributed by atoms with Crippen molar-refractivity contribution in [3.05, 3.63) is 35.9 Å². The van der Waals surface area contributed by atoms with Gasteiger partial charge in [0.05, 0.1) is 0 Å². The molecule has 0 aliphatic carbocycles. The molecule has 0 saturated heterocycles. The van der Waals surface area contributed by atoms with Crippen molar-refractivity contribution in [1.82, 2.24) is 0 Å². The van der Waals surface area contributed by atoms with Crippen molar-refractivity contribution in [2.45, 2.75) is 6.42 Å². The zero-order valence-corrected chi connectivity index (χ0v) is 5.00. The fraction of sp³-hybridized carbons (Fsp3) is 0.125. The third-order valence-electron chi connectivity index (χ3n) is 1.09. The minimum atomic E-state index is 0.497. The first-order valence-electron chi connectivity index (χ1n) is 2.82. The molecule has 45 valence electrons. The summed E-state index contributed by atoms with van der Waals surface area (Å²) in [7, 11) is 0. The lowest BCUT2D eigenvalue weighted by Crippen LogP contribution is -1.82. The molecular weight excluding hydrogens is 112 g/mol. The molecule has 0 aromatic heterocycles. The number of rotatable bonds is 2. The van der Waals surface area contributed by atoms with Crippen molar-refractivity contribution in [3.8, 4) is 0 Å². The zero-order chi connectivity index (χ0) is 6.53. The number of hydrogen-bond acceptors (Lipinski definition) is 1. The molecule has 1 heteroatoms. The normalized spacial score (nSPS) is 8.89. The second kappa shape index (κ2) is 3.02. The lowest BCUT2D eigenvalue weighted by atomic mass is 10.2. The summed E-state index contributed by atoms with van der Waals surface area (Å²) < 4.78 is 0. The molecule has 0 aliphatic rings. The molecule has 1 aromatic rings. The zero-order valence-electron chi connectivity index (χ0n) is 5.00. The van der Waals surface area contributed by atoms with Gasteiger partial charge in [-0.1, -0.05) is 24.3 Å². The second-order valence-electron chi connectivity index (χ2n) is 1.78. The van der Waals surface area contributed by atoms with E-state index in [2.05, 4.69) is 6.07 Å². The van der Waals surface area contributed by atoms with Gasteiger partial charge in [0.2, 0.25) is 0 Å². The van der Waals surface area contributed by atoms with Crippen LogP contribution in [0, 0.1) is 6.07 Å². The molecule has 0 bridgehead atoms. The maximum absolute atomic E-state index is 9.96. The maximum Gasteiger partial charge on any atom is 0.124 e. The van der Waals surface area contributed by atoms with E-state index in [9.17, 15) is 4.79 Å². The molecule has 0 aliphatic heterocycles. The summed E-state index contributed by atoms with van der Waals surface area (Å²) in [6.45, 7) is 0. The Kier molecular flexibility index (Phi) is 2.02. The van der Waals surface area contributed by atoms with Crippen LogP contribution < -0.4 is 0 Å². The third-order valence-corrected chi connectivity index (χ3v) is 1.09. The van der Waals surface area contributed by atoms with Gasteiger partial charge in [-0.25, -0.2) is 0 Å². The Labute approximate surface area is 54.3 Å². The van der Waals surface area contributed by atoms with E-state index in [1.807, 2.05) is 24.3 Å². The van der Waals surface area contributed by atoms with Crippen molar-refractivity contribution in [2.75, 3.05) is 0 Å². The van der Waals surface area contributed by atoms with Crippen LogP contribution in [0.25, 0.3) is 0 Å². The van der Waals surface area contributed by atoms with Gasteiger partial charge in [-0.15, -0.1) is 0 Å². The Morgan fingerprint density at radius 1 is 1.67 bits per heavy atom. The molecule has 0 atom stereocenters. The van der Waals surface area contributed by atoms with Gasteiger partial charge in [-0.05, 0) is 11.6 Å². The third kappa shape index (κ3) is 1.68. The summed E-state index contributed by atoms with van der Waals surface area (Å²) in [5.74, 6) is 0. The highest BCUT2D eigenvalue weighted by molar-refractivity contribution is 5.54. The first kappa shape index (κ1) is 6.02. The van der Waals surface area contributed by atoms with E-state index in [4.69, 9.17) is 0 Å². The summed E-state index contributed by atoms with van der Waals surface area (Å²) in [6.07, 6.45) is 1.39. The first-order valence-corrected chi connectivity index (χ1v) is 2.82. The van der Waals surface area contributed by atoms with Crippen LogP contribution in [0.2, 0.25) is 0 Å². The fourth-order valence-electron chi connectivity index (χ4n) is 0.654. The van der Waals surface area contributed by atoms with E-state index in [0.29, 0.717) is 6.42 Å². The van der Waals surface area contributed by atoms with Gasteiger partial charge in [-0.2, -0.15) is 0 Å². The smallest absolute Gasteiger partial charge is 0.124 e. The summed E-state index contributed by atoms with van der Waals surface area (Å²) in [5.41, 5.74) is 1.02. The summed E-state index contributed by atoms with van der Waals surface area (Å²) in [5, 5.41) is 0. The van der Waals surface area contributed by atoms with Gasteiger partial charge in [0, 0.05) is 6.42 Å². The highest BCUT2D eigenvalue weighted by atomic mass is 16.1. The lowest BCUT2D eigenvalue weighted by molar-refractivity contribution is -0.107. The van der Waals surface area contributed by atoms with Gasteiger partial charge in [0.1, 0.15) is 6.29 Å². The molecule has 0 N–H and O–H groups in total. The predicted molar refractivity (Wildman–Crippen MR) is 35.0 cm³/mol. The van der Waals surface area contributed by atoms with Gasteiger partial charge >= 0.3 is 0 Å². The topological polar surface area (TPSA) is 17.1 Å². The van der Waals surface area contributed by atoms with Crippen LogP contribution in [-0.4, -0.2) is 6.29 Å². The fourth-order valence-corrected chi connectivity index (χ4v) is 0.654. The monoisotopic (exact) mass is 119 g/mol. The Bertz CT molecular complexity index is 179. The van der Waals surface area contributed by atoms with Gasteiger partial charge < -0.3 is 4.79 Å². The van der Waals surface area contributed by atoms with E-state index in [1.165, 1.54) is 0 Å². The summed E-state index contributed by atoms with van der Waals surface area (Å²) in [4.78, 5) is 9.96. The van der Waals surface area contributed by atoms with Crippen molar-refractivity contribution in [1.29, 1.82) is 0 Å². The molecule has 1 rings (SSSR count). The van der Waals surface area contributed by atoms with Crippen LogP contribution in [-0.2, 0) is 11.2 Å². The molecule has 0 saturated carbocycles. The van der Waals surface area contributed by atoms with E-state index < -0.39 is 0 Å².